The number of hydrogen-bond donors (Lipinski definition) is 1. The molecule has 0 unspecified atom stereocenters. The van der Waals surface area contributed by atoms with Gasteiger partial charge in [0.2, 0.25) is 4.80 Å². The third kappa shape index (κ3) is 4.25. The number of aromatic nitrogens is 3. The van der Waals surface area contributed by atoms with Crippen LogP contribution < -0.4 is 4.80 Å². The highest BCUT2D eigenvalue weighted by molar-refractivity contribution is 9.10. The zero-order chi connectivity index (χ0) is 21.2. The molecule has 5 aromatic rings. The van der Waals surface area contributed by atoms with Crippen molar-refractivity contribution in [2.45, 2.75) is 0 Å². The highest BCUT2D eigenvalue weighted by Gasteiger charge is 2.09. The average molecular weight is 509 g/mol. The van der Waals surface area contributed by atoms with Crippen LogP contribution in [0.25, 0.3) is 22.2 Å². The van der Waals surface area contributed by atoms with Crippen LogP contribution in [0.3, 0.4) is 0 Å². The molecule has 0 amide bonds. The van der Waals surface area contributed by atoms with Crippen molar-refractivity contribution in [1.29, 1.82) is 0 Å². The van der Waals surface area contributed by atoms with Crippen LogP contribution in [0.1, 0.15) is 5.56 Å². The molecule has 0 spiro atoms. The molecule has 3 aromatic heterocycles. The van der Waals surface area contributed by atoms with E-state index >= 15 is 0 Å². The van der Waals surface area contributed by atoms with E-state index < -0.39 is 0 Å². The molecule has 5 rings (SSSR count). The molecule has 0 saturated heterocycles. The summed E-state index contributed by atoms with van der Waals surface area (Å²) in [6.07, 6.45) is 7.25. The van der Waals surface area contributed by atoms with E-state index in [-0.39, 0.29) is 0 Å². The van der Waals surface area contributed by atoms with Crippen LogP contribution in [0.4, 0.5) is 5.69 Å². The predicted molar refractivity (Wildman–Crippen MR) is 131 cm³/mol. The van der Waals surface area contributed by atoms with Gasteiger partial charge in [-0.1, -0.05) is 39.7 Å². The number of hydrogen-bond acceptors (Lipinski definition) is 4. The molecule has 0 aliphatic heterocycles. The van der Waals surface area contributed by atoms with E-state index in [1.54, 1.807) is 12.4 Å². The Morgan fingerprint density at radius 3 is 2.90 bits per heavy atom. The zero-order valence-corrected chi connectivity index (χ0v) is 19.2. The van der Waals surface area contributed by atoms with Gasteiger partial charge in [-0.2, -0.15) is 5.10 Å². The minimum Gasteiger partial charge on any atom is -0.361 e. The quantitative estimate of drug-likeness (QED) is 0.272. The second kappa shape index (κ2) is 8.63. The Balaban J connectivity index is 1.66. The number of nitrogens with zero attached hydrogens (tertiary/aromatic N) is 4. The van der Waals surface area contributed by atoms with E-state index in [0.717, 1.165) is 42.7 Å². The fraction of sp³-hybridized carbons (Fsp3) is 0. The van der Waals surface area contributed by atoms with Crippen molar-refractivity contribution in [3.63, 3.8) is 0 Å². The largest absolute Gasteiger partial charge is 0.361 e. The van der Waals surface area contributed by atoms with Crippen LogP contribution >= 0.6 is 38.9 Å². The summed E-state index contributed by atoms with van der Waals surface area (Å²) >= 11 is 11.3. The van der Waals surface area contributed by atoms with Gasteiger partial charge >= 0.3 is 0 Å². The first-order chi connectivity index (χ1) is 15.2. The summed E-state index contributed by atoms with van der Waals surface area (Å²) < 4.78 is 2.85. The number of thiazole rings is 1. The van der Waals surface area contributed by atoms with Gasteiger partial charge in [0, 0.05) is 49.3 Å². The summed E-state index contributed by atoms with van der Waals surface area (Å²) in [6.45, 7) is 0. The van der Waals surface area contributed by atoms with Gasteiger partial charge in [-0.25, -0.2) is 9.67 Å². The maximum atomic E-state index is 6.24. The lowest BCUT2D eigenvalue weighted by molar-refractivity contribution is 0.854. The fourth-order valence-corrected chi connectivity index (χ4v) is 4.61. The average Bonchev–Trinajstić information content (AvgIpc) is 3.36. The Morgan fingerprint density at radius 2 is 2.06 bits per heavy atom. The Hall–Kier alpha value is -3.00. The number of nitrogens with one attached hydrogen (secondary N) is 1. The van der Waals surface area contributed by atoms with E-state index in [2.05, 4.69) is 32.0 Å². The van der Waals surface area contributed by atoms with Gasteiger partial charge < -0.3 is 4.98 Å². The minimum absolute atomic E-state index is 0.673. The first-order valence-electron chi connectivity index (χ1n) is 9.39. The Kier molecular flexibility index (Phi) is 5.55. The molecule has 8 heteroatoms. The van der Waals surface area contributed by atoms with Gasteiger partial charge in [-0.15, -0.1) is 11.3 Å². The lowest BCUT2D eigenvalue weighted by Crippen LogP contribution is -2.11. The van der Waals surface area contributed by atoms with Crippen LogP contribution in [-0.4, -0.2) is 20.9 Å². The number of pyridine rings is 1. The SMILES string of the molecule is Clc1cccc(-c2csc(=Nc3cccnc3)n2N=Cc2c[nH]c3ccc(Br)cc23)c1. The highest BCUT2D eigenvalue weighted by Crippen LogP contribution is 2.25. The molecular formula is C23H15BrClN5S. The number of benzene rings is 2. The van der Waals surface area contributed by atoms with Crippen molar-refractivity contribution < 1.29 is 0 Å². The molecule has 0 saturated carbocycles. The monoisotopic (exact) mass is 507 g/mol. The second-order valence-electron chi connectivity index (χ2n) is 6.73. The van der Waals surface area contributed by atoms with Crippen molar-refractivity contribution >= 4 is 61.7 Å². The zero-order valence-electron chi connectivity index (χ0n) is 16.0. The Bertz CT molecular complexity index is 1470. The molecule has 2 aromatic carbocycles. The lowest BCUT2D eigenvalue weighted by Gasteiger charge is -2.04. The third-order valence-electron chi connectivity index (χ3n) is 4.66. The Labute approximate surface area is 195 Å². The molecule has 0 aliphatic carbocycles. The van der Waals surface area contributed by atoms with Gasteiger partial charge in [0.1, 0.15) is 0 Å². The standard InChI is InChI=1S/C23H15BrClN5S/c24-17-6-7-21-20(10-17)16(11-27-21)12-28-30-22(15-3-1-4-18(25)9-15)14-31-23(30)29-19-5-2-8-26-13-19/h1-14,27H. The Morgan fingerprint density at radius 1 is 1.13 bits per heavy atom. The van der Waals surface area contributed by atoms with Crippen molar-refractivity contribution in [1.82, 2.24) is 14.6 Å². The van der Waals surface area contributed by atoms with Crippen LogP contribution in [0.5, 0.6) is 0 Å². The molecule has 152 valence electrons. The number of H-pyrrole nitrogens is 1. The second-order valence-corrected chi connectivity index (χ2v) is 8.92. The summed E-state index contributed by atoms with van der Waals surface area (Å²) in [5, 5.41) is 8.59. The first-order valence-corrected chi connectivity index (χ1v) is 11.4. The number of halogens is 2. The highest BCUT2D eigenvalue weighted by atomic mass is 79.9. The summed E-state index contributed by atoms with van der Waals surface area (Å²) in [5.41, 5.74) is 4.68. The molecule has 3 heterocycles. The molecular weight excluding hydrogens is 494 g/mol. The van der Waals surface area contributed by atoms with Crippen molar-refractivity contribution in [3.05, 3.63) is 98.4 Å². The van der Waals surface area contributed by atoms with Gasteiger partial charge in [0.15, 0.2) is 0 Å². The molecule has 0 fully saturated rings. The van der Waals surface area contributed by atoms with Gasteiger partial charge in [-0.05, 0) is 42.5 Å². The van der Waals surface area contributed by atoms with E-state index in [1.807, 2.05) is 71.0 Å². The van der Waals surface area contributed by atoms with Crippen molar-refractivity contribution in [2.75, 3.05) is 0 Å². The van der Waals surface area contributed by atoms with Gasteiger partial charge in [0.05, 0.1) is 23.8 Å². The molecule has 0 aliphatic rings. The van der Waals surface area contributed by atoms with Gasteiger partial charge in [0.25, 0.3) is 0 Å². The lowest BCUT2D eigenvalue weighted by atomic mass is 10.2. The number of rotatable bonds is 4. The van der Waals surface area contributed by atoms with Crippen molar-refractivity contribution in [3.8, 4) is 11.3 Å². The molecule has 0 bridgehead atoms. The van der Waals surface area contributed by atoms with Crippen LogP contribution in [-0.2, 0) is 0 Å². The van der Waals surface area contributed by atoms with Crippen LogP contribution in [0.15, 0.2) is 93.1 Å². The van der Waals surface area contributed by atoms with Gasteiger partial charge in [-0.3, -0.25) is 4.98 Å². The van der Waals surface area contributed by atoms with E-state index in [4.69, 9.17) is 21.7 Å². The fourth-order valence-electron chi connectivity index (χ4n) is 3.21. The smallest absolute Gasteiger partial charge is 0.211 e. The molecule has 31 heavy (non-hydrogen) atoms. The normalized spacial score (nSPS) is 12.3. The van der Waals surface area contributed by atoms with E-state index in [9.17, 15) is 0 Å². The molecule has 5 nitrogen and oxygen atoms in total. The number of aromatic amines is 1. The minimum atomic E-state index is 0.673. The third-order valence-corrected chi connectivity index (χ3v) is 6.21. The van der Waals surface area contributed by atoms with Crippen LogP contribution in [0.2, 0.25) is 5.02 Å². The summed E-state index contributed by atoms with van der Waals surface area (Å²) in [4.78, 5) is 12.9. The van der Waals surface area contributed by atoms with Crippen molar-refractivity contribution in [2.24, 2.45) is 10.1 Å². The predicted octanol–water partition coefficient (Wildman–Crippen LogP) is 6.62. The van der Waals surface area contributed by atoms with E-state index in [0.29, 0.717) is 5.02 Å². The summed E-state index contributed by atoms with van der Waals surface area (Å²) in [6, 6.07) is 17.6. The summed E-state index contributed by atoms with van der Waals surface area (Å²) in [5.74, 6) is 0. The topological polar surface area (TPSA) is 58.3 Å². The first kappa shape index (κ1) is 19.9. The molecule has 1 N–H and O–H groups in total. The molecule has 0 radical (unpaired) electrons. The molecule has 0 atom stereocenters. The number of fused-ring (bicyclic) bond motifs is 1. The maximum absolute atomic E-state index is 6.24. The maximum Gasteiger partial charge on any atom is 0.211 e. The van der Waals surface area contributed by atoms with E-state index in [1.165, 1.54) is 11.3 Å². The van der Waals surface area contributed by atoms with Crippen LogP contribution in [0, 0.1) is 0 Å². The summed E-state index contributed by atoms with van der Waals surface area (Å²) in [7, 11) is 0.